The van der Waals surface area contributed by atoms with Crippen LogP contribution in [0.3, 0.4) is 0 Å². The van der Waals surface area contributed by atoms with E-state index in [0.29, 0.717) is 24.5 Å². The molecule has 1 amide bonds. The normalized spacial score (nSPS) is 23.7. The number of sulfonamides is 1. The number of nitrogens with two attached hydrogens (primary N) is 1. The lowest BCUT2D eigenvalue weighted by molar-refractivity contribution is -0.118. The summed E-state index contributed by atoms with van der Waals surface area (Å²) in [4.78, 5) is 12.4. The van der Waals surface area contributed by atoms with E-state index >= 15 is 0 Å². The molecule has 0 radical (unpaired) electrons. The smallest absolute Gasteiger partial charge is 0.243 e. The molecule has 23 heavy (non-hydrogen) atoms. The van der Waals surface area contributed by atoms with Crippen molar-refractivity contribution in [1.29, 1.82) is 0 Å². The number of rotatable bonds is 4. The van der Waals surface area contributed by atoms with Crippen LogP contribution in [0.15, 0.2) is 23.1 Å². The Morgan fingerprint density at radius 2 is 1.91 bits per heavy atom. The number of hydrogen-bond acceptors (Lipinski definition) is 4. The lowest BCUT2D eigenvalue weighted by Gasteiger charge is -2.17. The summed E-state index contributed by atoms with van der Waals surface area (Å²) < 4.78 is 26.7. The molecule has 0 spiro atoms. The zero-order valence-electron chi connectivity index (χ0n) is 13.5. The van der Waals surface area contributed by atoms with E-state index in [1.807, 2.05) is 13.8 Å². The lowest BCUT2D eigenvalue weighted by Crippen LogP contribution is -2.28. The van der Waals surface area contributed by atoms with Gasteiger partial charge in [-0.15, -0.1) is 0 Å². The Bertz CT molecular complexity index is 737. The van der Waals surface area contributed by atoms with Crippen molar-refractivity contribution in [2.45, 2.75) is 38.0 Å². The summed E-state index contributed by atoms with van der Waals surface area (Å²) in [6, 6.07) is 4.51. The molecule has 1 atom stereocenters. The van der Waals surface area contributed by atoms with Crippen LogP contribution in [0.4, 0.5) is 11.4 Å². The van der Waals surface area contributed by atoms with Gasteiger partial charge in [-0.25, -0.2) is 8.42 Å². The van der Waals surface area contributed by atoms with Crippen LogP contribution in [0, 0.1) is 11.3 Å². The fourth-order valence-corrected chi connectivity index (χ4v) is 4.56. The van der Waals surface area contributed by atoms with E-state index in [4.69, 9.17) is 5.73 Å². The maximum absolute atomic E-state index is 12.6. The summed E-state index contributed by atoms with van der Waals surface area (Å²) >= 11 is 0. The van der Waals surface area contributed by atoms with E-state index in [-0.39, 0.29) is 22.1 Å². The summed E-state index contributed by atoms with van der Waals surface area (Å²) in [5.74, 6) is -0.141. The van der Waals surface area contributed by atoms with Crippen molar-refractivity contribution in [2.24, 2.45) is 11.3 Å². The molecule has 3 rings (SSSR count). The second-order valence-electron chi connectivity index (χ2n) is 7.09. The Morgan fingerprint density at radius 1 is 1.30 bits per heavy atom. The van der Waals surface area contributed by atoms with E-state index in [9.17, 15) is 13.2 Å². The minimum absolute atomic E-state index is 0.0120. The second kappa shape index (κ2) is 5.49. The third-order valence-corrected chi connectivity index (χ3v) is 6.71. The molecule has 1 aromatic rings. The quantitative estimate of drug-likeness (QED) is 0.822. The molecular weight excluding hydrogens is 314 g/mol. The predicted molar refractivity (Wildman–Crippen MR) is 89.4 cm³/mol. The second-order valence-corrected chi connectivity index (χ2v) is 9.03. The number of nitrogens with one attached hydrogen (secondary N) is 1. The van der Waals surface area contributed by atoms with Crippen LogP contribution in [-0.2, 0) is 14.8 Å². The van der Waals surface area contributed by atoms with Crippen molar-refractivity contribution < 1.29 is 13.2 Å². The summed E-state index contributed by atoms with van der Waals surface area (Å²) in [5, 5.41) is 2.78. The maximum Gasteiger partial charge on any atom is 0.243 e. The Morgan fingerprint density at radius 3 is 2.48 bits per heavy atom. The molecule has 1 aliphatic heterocycles. The van der Waals surface area contributed by atoms with Gasteiger partial charge in [0.25, 0.3) is 0 Å². The van der Waals surface area contributed by atoms with Gasteiger partial charge in [0.15, 0.2) is 0 Å². The third-order valence-electron chi connectivity index (χ3n) is 4.82. The number of nitrogens with zero attached hydrogens (tertiary/aromatic N) is 1. The Hall–Kier alpha value is -1.60. The highest BCUT2D eigenvalue weighted by Gasteiger charge is 2.50. The minimum Gasteiger partial charge on any atom is -0.397 e. The molecule has 7 heteroatoms. The first-order valence-electron chi connectivity index (χ1n) is 7.92. The Kier molecular flexibility index (Phi) is 3.88. The van der Waals surface area contributed by atoms with Gasteiger partial charge in [-0.2, -0.15) is 4.31 Å². The van der Waals surface area contributed by atoms with Gasteiger partial charge in [0.1, 0.15) is 0 Å². The molecule has 126 valence electrons. The average molecular weight is 337 g/mol. The largest absolute Gasteiger partial charge is 0.397 e. The van der Waals surface area contributed by atoms with E-state index in [1.165, 1.54) is 22.5 Å². The predicted octanol–water partition coefficient (Wildman–Crippen LogP) is 2.04. The van der Waals surface area contributed by atoms with Gasteiger partial charge in [0.2, 0.25) is 15.9 Å². The van der Waals surface area contributed by atoms with Gasteiger partial charge in [-0.3, -0.25) is 4.79 Å². The topological polar surface area (TPSA) is 92.5 Å². The van der Waals surface area contributed by atoms with Crippen LogP contribution in [0.1, 0.15) is 33.1 Å². The molecule has 0 aromatic heterocycles. The first-order valence-corrected chi connectivity index (χ1v) is 9.36. The molecule has 1 heterocycles. The molecule has 0 bridgehead atoms. The molecule has 3 N–H and O–H groups in total. The highest BCUT2D eigenvalue weighted by molar-refractivity contribution is 7.89. The monoisotopic (exact) mass is 337 g/mol. The molecule has 1 aliphatic carbocycles. The maximum atomic E-state index is 12.6. The first kappa shape index (κ1) is 16.3. The highest BCUT2D eigenvalue weighted by Crippen LogP contribution is 2.52. The van der Waals surface area contributed by atoms with E-state index < -0.39 is 10.0 Å². The van der Waals surface area contributed by atoms with Crippen molar-refractivity contribution in [3.8, 4) is 0 Å². The van der Waals surface area contributed by atoms with E-state index in [1.54, 1.807) is 0 Å². The van der Waals surface area contributed by atoms with Crippen molar-refractivity contribution in [1.82, 2.24) is 4.31 Å². The minimum atomic E-state index is -3.51. The number of benzene rings is 1. The van der Waals surface area contributed by atoms with Crippen LogP contribution in [0.5, 0.6) is 0 Å². The van der Waals surface area contributed by atoms with Crippen molar-refractivity contribution in [3.05, 3.63) is 18.2 Å². The Labute approximate surface area is 137 Å². The van der Waals surface area contributed by atoms with E-state index in [0.717, 1.165) is 19.3 Å². The van der Waals surface area contributed by atoms with Gasteiger partial charge in [-0.05, 0) is 42.9 Å². The molecule has 0 unspecified atom stereocenters. The van der Waals surface area contributed by atoms with Gasteiger partial charge in [0, 0.05) is 19.0 Å². The number of carbonyl (C=O) groups excluding carboxylic acids is 1. The summed E-state index contributed by atoms with van der Waals surface area (Å²) in [7, 11) is -3.51. The zero-order valence-corrected chi connectivity index (χ0v) is 14.3. The summed E-state index contributed by atoms with van der Waals surface area (Å²) in [6.45, 7) is 5.17. The van der Waals surface area contributed by atoms with Gasteiger partial charge < -0.3 is 11.1 Å². The van der Waals surface area contributed by atoms with Crippen LogP contribution in [-0.4, -0.2) is 31.7 Å². The lowest BCUT2D eigenvalue weighted by atomic mass is 10.1. The fraction of sp³-hybridized carbons (Fsp3) is 0.562. The number of carbonyl (C=O) groups is 1. The van der Waals surface area contributed by atoms with Gasteiger partial charge >= 0.3 is 0 Å². The van der Waals surface area contributed by atoms with Crippen LogP contribution in [0.25, 0.3) is 0 Å². The molecule has 6 nitrogen and oxygen atoms in total. The van der Waals surface area contributed by atoms with E-state index in [2.05, 4.69) is 5.32 Å². The van der Waals surface area contributed by atoms with Crippen LogP contribution in [0.2, 0.25) is 0 Å². The molecule has 1 saturated carbocycles. The van der Waals surface area contributed by atoms with Gasteiger partial charge in [0.05, 0.1) is 16.3 Å². The summed E-state index contributed by atoms with van der Waals surface area (Å²) in [6.07, 6.45) is 2.60. The van der Waals surface area contributed by atoms with Gasteiger partial charge in [-0.1, -0.05) is 13.8 Å². The third kappa shape index (κ3) is 3.07. The number of amides is 1. The number of anilines is 2. The molecule has 2 aliphatic rings. The molecule has 2 fully saturated rings. The zero-order chi connectivity index (χ0) is 16.8. The van der Waals surface area contributed by atoms with Crippen molar-refractivity contribution in [2.75, 3.05) is 24.1 Å². The van der Waals surface area contributed by atoms with Crippen LogP contribution >= 0.6 is 0 Å². The highest BCUT2D eigenvalue weighted by atomic mass is 32.2. The number of hydrogen-bond donors (Lipinski definition) is 2. The first-order chi connectivity index (χ1) is 10.7. The molecule has 1 aromatic carbocycles. The molecule has 1 saturated heterocycles. The fourth-order valence-electron chi connectivity index (χ4n) is 3.02. The van der Waals surface area contributed by atoms with Crippen molar-refractivity contribution >= 4 is 27.3 Å². The summed E-state index contributed by atoms with van der Waals surface area (Å²) in [5.41, 5.74) is 6.66. The average Bonchev–Trinajstić information content (AvgIpc) is 2.92. The van der Waals surface area contributed by atoms with Crippen LogP contribution < -0.4 is 11.1 Å². The van der Waals surface area contributed by atoms with Crippen molar-refractivity contribution in [3.63, 3.8) is 0 Å². The Balaban J connectivity index is 1.83. The number of nitrogen functional groups attached to an aromatic ring is 1. The molecular formula is C16H23N3O3S. The SMILES string of the molecule is CC1(C)C[C@@H]1C(=O)Nc1cc(S(=O)(=O)N2CCCC2)ccc1N. The standard InChI is InChI=1S/C16H23N3O3S/c1-16(2)10-12(16)15(20)18-14-9-11(5-6-13(14)17)23(21,22)19-7-3-4-8-19/h5-6,9,12H,3-4,7-8,10,17H2,1-2H3,(H,18,20)/t12-/m1/s1.